The van der Waals surface area contributed by atoms with Gasteiger partial charge in [0, 0.05) is 15.8 Å². The molecule has 1 atom stereocenters. The number of aliphatic hydroxyl groups excluding tert-OH is 1. The number of nitrogens with zero attached hydrogens (tertiary/aromatic N) is 3. The predicted molar refractivity (Wildman–Crippen MR) is 160 cm³/mol. The number of aromatic nitrogens is 2. The lowest BCUT2D eigenvalue weighted by Gasteiger charge is -2.25. The van der Waals surface area contributed by atoms with E-state index in [-0.39, 0.29) is 16.5 Å². The van der Waals surface area contributed by atoms with E-state index < -0.39 is 23.5 Å². The van der Waals surface area contributed by atoms with E-state index in [0.29, 0.717) is 48.7 Å². The van der Waals surface area contributed by atoms with Crippen molar-refractivity contribution >= 4 is 63.1 Å². The standard InChI is InChI=1S/C28H23Cl2N3O7S2/c1-13-5-8-18(40-13)23(34)21-22(15-9-19(37-2)25(39-4)20(10-15)38-3)33(26(36)24(21)35)27-31-32-28(42-27)41-12-14-6-7-16(29)11-17(14)30/h5-11,22,35H,12H2,1-4H3. The normalized spacial score (nSPS) is 15.0. The third kappa shape index (κ3) is 5.54. The molecule has 5 rings (SSSR count). The molecule has 0 radical (unpaired) electrons. The largest absolute Gasteiger partial charge is 0.503 e. The summed E-state index contributed by atoms with van der Waals surface area (Å²) in [5.74, 6) is -0.382. The molecule has 0 fully saturated rings. The number of aliphatic hydroxyl groups is 1. The second-order valence-electron chi connectivity index (χ2n) is 8.91. The Hall–Kier alpha value is -3.71. The Morgan fingerprint density at radius 2 is 1.79 bits per heavy atom. The number of amides is 1. The second kappa shape index (κ2) is 12.3. The third-order valence-corrected chi connectivity index (χ3v) is 9.08. The Morgan fingerprint density at radius 3 is 2.38 bits per heavy atom. The highest BCUT2D eigenvalue weighted by Gasteiger charge is 2.47. The molecule has 1 unspecified atom stereocenters. The minimum atomic E-state index is -1.12. The van der Waals surface area contributed by atoms with Crippen LogP contribution in [0.5, 0.6) is 17.2 Å². The molecule has 1 N–H and O–H groups in total. The lowest BCUT2D eigenvalue weighted by molar-refractivity contribution is -0.117. The molecule has 1 aliphatic heterocycles. The molecule has 2 aromatic carbocycles. The molecule has 2 aromatic heterocycles. The smallest absolute Gasteiger partial charge is 0.296 e. The number of ketones is 1. The van der Waals surface area contributed by atoms with Crippen molar-refractivity contribution in [3.63, 3.8) is 0 Å². The number of carbonyl (C=O) groups is 2. The van der Waals surface area contributed by atoms with Gasteiger partial charge in [-0.1, -0.05) is 52.4 Å². The molecule has 42 heavy (non-hydrogen) atoms. The van der Waals surface area contributed by atoms with E-state index in [1.165, 1.54) is 44.1 Å². The average molecular weight is 649 g/mol. The second-order valence-corrected chi connectivity index (χ2v) is 11.9. The molecule has 1 amide bonds. The highest BCUT2D eigenvalue weighted by Crippen LogP contribution is 2.48. The minimum absolute atomic E-state index is 0.0329. The molecule has 1 aliphatic rings. The highest BCUT2D eigenvalue weighted by atomic mass is 35.5. The first kappa shape index (κ1) is 29.8. The van der Waals surface area contributed by atoms with Crippen LogP contribution in [-0.2, 0) is 10.5 Å². The van der Waals surface area contributed by atoms with E-state index in [9.17, 15) is 14.7 Å². The summed E-state index contributed by atoms with van der Waals surface area (Å²) < 4.78 is 22.6. The number of rotatable bonds is 10. The number of carbonyl (C=O) groups excluding carboxylic acids is 2. The van der Waals surface area contributed by atoms with Gasteiger partial charge in [0.25, 0.3) is 5.91 Å². The zero-order valence-electron chi connectivity index (χ0n) is 22.6. The van der Waals surface area contributed by atoms with Gasteiger partial charge in [0.05, 0.1) is 32.9 Å². The van der Waals surface area contributed by atoms with Crippen LogP contribution in [0.3, 0.4) is 0 Å². The van der Waals surface area contributed by atoms with Crippen LogP contribution in [0, 0.1) is 6.92 Å². The maximum atomic E-state index is 13.7. The molecule has 0 saturated heterocycles. The summed E-state index contributed by atoms with van der Waals surface area (Å²) in [4.78, 5) is 28.5. The number of anilines is 1. The van der Waals surface area contributed by atoms with E-state index in [4.69, 9.17) is 41.8 Å². The summed E-state index contributed by atoms with van der Waals surface area (Å²) in [6.07, 6.45) is 0. The van der Waals surface area contributed by atoms with Crippen molar-refractivity contribution in [2.45, 2.75) is 23.1 Å². The zero-order chi connectivity index (χ0) is 30.1. The number of thioether (sulfide) groups is 1. The lowest BCUT2D eigenvalue weighted by atomic mass is 9.94. The average Bonchev–Trinajstić information content (AvgIpc) is 3.69. The molecule has 0 saturated carbocycles. The first-order chi connectivity index (χ1) is 20.2. The van der Waals surface area contributed by atoms with Gasteiger partial charge in [0.2, 0.25) is 16.7 Å². The number of Topliss-reactive ketones (excluding diaryl/α,β-unsaturated/α-hetero) is 1. The zero-order valence-corrected chi connectivity index (χ0v) is 25.8. The highest BCUT2D eigenvalue weighted by molar-refractivity contribution is 8.00. The fourth-order valence-corrected chi connectivity index (χ4v) is 6.86. The maximum Gasteiger partial charge on any atom is 0.296 e. The number of ether oxygens (including phenoxy) is 3. The van der Waals surface area contributed by atoms with Gasteiger partial charge in [-0.3, -0.25) is 14.5 Å². The minimum Gasteiger partial charge on any atom is -0.503 e. The van der Waals surface area contributed by atoms with E-state index in [1.807, 2.05) is 6.07 Å². The van der Waals surface area contributed by atoms with Crippen LogP contribution in [0.15, 0.2) is 62.6 Å². The van der Waals surface area contributed by atoms with Gasteiger partial charge in [-0.2, -0.15) is 0 Å². The third-order valence-electron chi connectivity index (χ3n) is 6.39. The van der Waals surface area contributed by atoms with Crippen LogP contribution in [0.4, 0.5) is 5.13 Å². The Morgan fingerprint density at radius 1 is 1.07 bits per heavy atom. The Bertz CT molecular complexity index is 1690. The first-order valence-corrected chi connectivity index (χ1v) is 14.8. The predicted octanol–water partition coefficient (Wildman–Crippen LogP) is 6.85. The van der Waals surface area contributed by atoms with Gasteiger partial charge in [0.1, 0.15) is 5.76 Å². The molecule has 14 heteroatoms. The first-order valence-electron chi connectivity index (χ1n) is 12.2. The van der Waals surface area contributed by atoms with Crippen LogP contribution in [0.25, 0.3) is 0 Å². The van der Waals surface area contributed by atoms with Gasteiger partial charge >= 0.3 is 0 Å². The molecule has 0 bridgehead atoms. The van der Waals surface area contributed by atoms with Crippen molar-refractivity contribution in [2.75, 3.05) is 26.2 Å². The van der Waals surface area contributed by atoms with Crippen LogP contribution >= 0.6 is 46.3 Å². The quantitative estimate of drug-likeness (QED) is 0.111. The maximum absolute atomic E-state index is 13.7. The molecule has 4 aromatic rings. The van der Waals surface area contributed by atoms with Crippen molar-refractivity contribution in [3.05, 3.63) is 86.5 Å². The van der Waals surface area contributed by atoms with Gasteiger partial charge in [-0.05, 0) is 54.4 Å². The topological polar surface area (TPSA) is 124 Å². The van der Waals surface area contributed by atoms with Crippen LogP contribution < -0.4 is 19.1 Å². The van der Waals surface area contributed by atoms with Crippen molar-refractivity contribution in [2.24, 2.45) is 0 Å². The van der Waals surface area contributed by atoms with Gasteiger partial charge < -0.3 is 23.7 Å². The summed E-state index contributed by atoms with van der Waals surface area (Å²) in [5, 5.41) is 20.8. The summed E-state index contributed by atoms with van der Waals surface area (Å²) in [5.41, 5.74) is 1.04. The van der Waals surface area contributed by atoms with E-state index in [2.05, 4.69) is 10.2 Å². The van der Waals surface area contributed by atoms with Crippen LogP contribution in [0.1, 0.15) is 33.5 Å². The molecule has 10 nitrogen and oxygen atoms in total. The van der Waals surface area contributed by atoms with Gasteiger partial charge in [-0.15, -0.1) is 10.2 Å². The lowest BCUT2D eigenvalue weighted by Crippen LogP contribution is -2.31. The number of methoxy groups -OCH3 is 3. The Labute approximate surface area is 258 Å². The number of furan rings is 1. The fraction of sp³-hybridized carbons (Fsp3) is 0.214. The number of hydrogen-bond acceptors (Lipinski definition) is 11. The molecule has 0 spiro atoms. The summed E-state index contributed by atoms with van der Waals surface area (Å²) in [7, 11) is 4.36. The van der Waals surface area contributed by atoms with Crippen molar-refractivity contribution in [1.29, 1.82) is 0 Å². The van der Waals surface area contributed by atoms with E-state index >= 15 is 0 Å². The Balaban J connectivity index is 1.57. The van der Waals surface area contributed by atoms with Gasteiger partial charge in [-0.25, -0.2) is 0 Å². The fourth-order valence-electron chi connectivity index (χ4n) is 4.43. The van der Waals surface area contributed by atoms with Crippen molar-refractivity contribution in [1.82, 2.24) is 10.2 Å². The monoisotopic (exact) mass is 647 g/mol. The molecule has 218 valence electrons. The van der Waals surface area contributed by atoms with Crippen LogP contribution in [0.2, 0.25) is 10.0 Å². The summed E-state index contributed by atoms with van der Waals surface area (Å²) in [6.45, 7) is 1.69. The van der Waals surface area contributed by atoms with Crippen LogP contribution in [-0.4, -0.2) is 48.3 Å². The van der Waals surface area contributed by atoms with E-state index in [0.717, 1.165) is 16.9 Å². The van der Waals surface area contributed by atoms with Crippen molar-refractivity contribution < 1.29 is 33.3 Å². The van der Waals surface area contributed by atoms with Crippen molar-refractivity contribution in [3.8, 4) is 17.2 Å². The van der Waals surface area contributed by atoms with E-state index in [1.54, 1.807) is 37.3 Å². The van der Waals surface area contributed by atoms with Gasteiger partial charge in [0.15, 0.2) is 27.4 Å². The Kier molecular flexibility index (Phi) is 8.69. The number of halogens is 2. The number of benzene rings is 2. The molecular weight excluding hydrogens is 625 g/mol. The SMILES string of the molecule is COc1cc(C2C(C(=O)c3ccc(C)o3)=C(O)C(=O)N2c2nnc(SCc3ccc(Cl)cc3Cl)s2)cc(OC)c1OC. The number of hydrogen-bond donors (Lipinski definition) is 1. The summed E-state index contributed by atoms with van der Waals surface area (Å²) in [6, 6.07) is 10.4. The molecular formula is C28H23Cl2N3O7S2. The molecule has 3 heterocycles. The summed E-state index contributed by atoms with van der Waals surface area (Å²) >= 11 is 14.8. The number of aryl methyl sites for hydroxylation is 1. The molecule has 0 aliphatic carbocycles.